The summed E-state index contributed by atoms with van der Waals surface area (Å²) in [5.41, 5.74) is 2.85. The topological polar surface area (TPSA) is 17.1 Å². The minimum absolute atomic E-state index is 0.0655. The molecule has 2 aromatic carbocycles. The second-order valence-electron chi connectivity index (χ2n) is 4.14. The van der Waals surface area contributed by atoms with Crippen molar-refractivity contribution in [2.45, 2.75) is 13.3 Å². The summed E-state index contributed by atoms with van der Waals surface area (Å²) in [5.74, 6) is 6.01. The Kier molecular flexibility index (Phi) is 3.94. The molecule has 88 valence electrons. The molecule has 0 saturated carbocycles. The zero-order valence-electron chi connectivity index (χ0n) is 10.3. The van der Waals surface area contributed by atoms with E-state index in [9.17, 15) is 4.79 Å². The summed E-state index contributed by atoms with van der Waals surface area (Å²) in [5, 5.41) is 0. The highest BCUT2D eigenvalue weighted by atomic mass is 16.1. The zero-order valence-corrected chi connectivity index (χ0v) is 10.3. The van der Waals surface area contributed by atoms with Crippen LogP contribution in [0.4, 0.5) is 0 Å². The Morgan fingerprint density at radius 1 is 1.06 bits per heavy atom. The molecule has 0 aliphatic carbocycles. The van der Waals surface area contributed by atoms with E-state index in [0.29, 0.717) is 0 Å². The summed E-state index contributed by atoms with van der Waals surface area (Å²) >= 11 is 0. The van der Waals surface area contributed by atoms with Crippen LogP contribution in [0.2, 0.25) is 0 Å². The van der Waals surface area contributed by atoms with Gasteiger partial charge in [0.15, 0.2) is 5.78 Å². The predicted molar refractivity (Wildman–Crippen MR) is 73.4 cm³/mol. The van der Waals surface area contributed by atoms with Gasteiger partial charge in [0.2, 0.25) is 0 Å². The smallest absolute Gasteiger partial charge is 0.174 e. The van der Waals surface area contributed by atoms with Gasteiger partial charge in [-0.2, -0.15) is 0 Å². The number of carbonyl (C=O) groups is 1. The molecule has 1 heteroatoms. The largest absolute Gasteiger partial charge is 0.293 e. The molecule has 0 bridgehead atoms. The van der Waals surface area contributed by atoms with Crippen molar-refractivity contribution in [1.82, 2.24) is 0 Å². The molecule has 0 aliphatic heterocycles. The minimum Gasteiger partial charge on any atom is -0.293 e. The molecule has 0 aromatic heterocycles. The first kappa shape index (κ1) is 12.1. The number of benzene rings is 2. The van der Waals surface area contributed by atoms with Crippen molar-refractivity contribution in [3.63, 3.8) is 0 Å². The van der Waals surface area contributed by atoms with Crippen LogP contribution in [0.1, 0.15) is 27.9 Å². The second-order valence-corrected chi connectivity index (χ2v) is 4.14. The Morgan fingerprint density at radius 3 is 2.56 bits per heavy atom. The molecule has 0 saturated heterocycles. The number of carbonyl (C=O) groups excluding carboxylic acids is 1. The van der Waals surface area contributed by atoms with E-state index in [2.05, 4.69) is 11.8 Å². The maximum absolute atomic E-state index is 11.8. The highest BCUT2D eigenvalue weighted by Crippen LogP contribution is 2.04. The van der Waals surface area contributed by atoms with Crippen molar-refractivity contribution in [2.24, 2.45) is 0 Å². The highest BCUT2D eigenvalue weighted by Gasteiger charge is 2.01. The minimum atomic E-state index is 0.0655. The van der Waals surface area contributed by atoms with E-state index >= 15 is 0 Å². The van der Waals surface area contributed by atoms with Crippen molar-refractivity contribution in [2.75, 3.05) is 0 Å². The molecule has 1 nitrogen and oxygen atoms in total. The lowest BCUT2D eigenvalue weighted by Gasteiger charge is -1.95. The van der Waals surface area contributed by atoms with Crippen LogP contribution >= 0.6 is 0 Å². The first-order valence-electron chi connectivity index (χ1n) is 5.89. The van der Waals surface area contributed by atoms with E-state index in [-0.39, 0.29) is 12.2 Å². The Hall–Kier alpha value is -2.33. The van der Waals surface area contributed by atoms with Crippen LogP contribution in [0.15, 0.2) is 54.6 Å². The lowest BCUT2D eigenvalue weighted by atomic mass is 10.1. The molecule has 0 radical (unpaired) electrons. The summed E-state index contributed by atoms with van der Waals surface area (Å²) in [6.07, 6.45) is 0.262. The van der Waals surface area contributed by atoms with Crippen LogP contribution in [-0.4, -0.2) is 5.78 Å². The molecule has 2 aromatic rings. The van der Waals surface area contributed by atoms with Crippen LogP contribution in [-0.2, 0) is 0 Å². The van der Waals surface area contributed by atoms with Gasteiger partial charge in [-0.15, -0.1) is 0 Å². The average molecular weight is 234 g/mol. The van der Waals surface area contributed by atoms with Crippen molar-refractivity contribution in [3.8, 4) is 11.8 Å². The predicted octanol–water partition coefficient (Wildman–Crippen LogP) is 3.62. The lowest BCUT2D eigenvalue weighted by molar-refractivity contribution is 0.0998. The summed E-state index contributed by atoms with van der Waals surface area (Å²) in [6.45, 7) is 2.03. The number of hydrogen-bond donors (Lipinski definition) is 0. The van der Waals surface area contributed by atoms with Crippen molar-refractivity contribution >= 4 is 5.78 Å². The van der Waals surface area contributed by atoms with E-state index < -0.39 is 0 Å². The van der Waals surface area contributed by atoms with Crippen LogP contribution in [0.25, 0.3) is 0 Å². The maximum Gasteiger partial charge on any atom is 0.174 e. The molecule has 0 N–H and O–H groups in total. The van der Waals surface area contributed by atoms with Crippen molar-refractivity contribution < 1.29 is 4.79 Å². The molecule has 2 rings (SSSR count). The van der Waals surface area contributed by atoms with E-state index in [1.54, 1.807) is 0 Å². The standard InChI is InChI=1S/C17H14O/c1-14-7-5-8-15(13-14)9-6-12-17(18)16-10-3-2-4-11-16/h2-5,7-8,10-11,13H,12H2,1H3. The van der Waals surface area contributed by atoms with Crippen molar-refractivity contribution in [1.29, 1.82) is 0 Å². The van der Waals surface area contributed by atoms with Gasteiger partial charge in [-0.25, -0.2) is 0 Å². The van der Waals surface area contributed by atoms with E-state index in [1.807, 2.05) is 61.5 Å². The summed E-state index contributed by atoms with van der Waals surface area (Å²) in [7, 11) is 0. The SMILES string of the molecule is Cc1cccc(C#CCC(=O)c2ccccc2)c1. The van der Waals surface area contributed by atoms with Crippen LogP contribution < -0.4 is 0 Å². The number of hydrogen-bond acceptors (Lipinski definition) is 1. The fraction of sp³-hybridized carbons (Fsp3) is 0.118. The first-order chi connectivity index (χ1) is 8.75. The fourth-order valence-electron chi connectivity index (χ4n) is 1.68. The quantitative estimate of drug-likeness (QED) is 0.573. The Balaban J connectivity index is 2.03. The third-order valence-corrected chi connectivity index (χ3v) is 2.60. The summed E-state index contributed by atoms with van der Waals surface area (Å²) in [4.78, 5) is 11.8. The third kappa shape index (κ3) is 3.33. The van der Waals surface area contributed by atoms with Gasteiger partial charge in [-0.05, 0) is 24.6 Å². The molecular weight excluding hydrogens is 220 g/mol. The van der Waals surface area contributed by atoms with Gasteiger partial charge in [0, 0.05) is 11.1 Å². The second kappa shape index (κ2) is 5.84. The number of aryl methyl sites for hydroxylation is 1. The summed E-state index contributed by atoms with van der Waals surface area (Å²) in [6, 6.07) is 17.2. The monoisotopic (exact) mass is 234 g/mol. The summed E-state index contributed by atoms with van der Waals surface area (Å²) < 4.78 is 0. The number of Topliss-reactive ketones (excluding diaryl/α,β-unsaturated/α-hetero) is 1. The van der Waals surface area contributed by atoms with Crippen LogP contribution in [0, 0.1) is 18.8 Å². The van der Waals surface area contributed by atoms with Gasteiger partial charge in [0.25, 0.3) is 0 Å². The molecule has 0 fully saturated rings. The Bertz CT molecular complexity index is 600. The molecule has 0 atom stereocenters. The van der Waals surface area contributed by atoms with Gasteiger partial charge in [-0.3, -0.25) is 4.79 Å². The van der Waals surface area contributed by atoms with E-state index in [4.69, 9.17) is 0 Å². The normalized spacial score (nSPS) is 9.39. The van der Waals surface area contributed by atoms with Crippen LogP contribution in [0.5, 0.6) is 0 Å². The van der Waals surface area contributed by atoms with Crippen LogP contribution in [0.3, 0.4) is 0 Å². The number of ketones is 1. The fourth-order valence-corrected chi connectivity index (χ4v) is 1.68. The van der Waals surface area contributed by atoms with Crippen molar-refractivity contribution in [3.05, 3.63) is 71.3 Å². The molecular formula is C17H14O. The van der Waals surface area contributed by atoms with Gasteiger partial charge < -0.3 is 0 Å². The molecule has 0 aliphatic rings. The molecule has 0 spiro atoms. The Labute approximate surface area is 107 Å². The number of rotatable bonds is 2. The molecule has 18 heavy (non-hydrogen) atoms. The first-order valence-corrected chi connectivity index (χ1v) is 5.89. The van der Waals surface area contributed by atoms with E-state index in [1.165, 1.54) is 5.56 Å². The zero-order chi connectivity index (χ0) is 12.8. The molecule has 0 heterocycles. The third-order valence-electron chi connectivity index (χ3n) is 2.60. The van der Waals surface area contributed by atoms with Gasteiger partial charge >= 0.3 is 0 Å². The Morgan fingerprint density at radius 2 is 1.83 bits per heavy atom. The highest BCUT2D eigenvalue weighted by molar-refractivity contribution is 5.97. The van der Waals surface area contributed by atoms with Gasteiger partial charge in [0.05, 0.1) is 6.42 Å². The maximum atomic E-state index is 11.8. The average Bonchev–Trinajstić information content (AvgIpc) is 2.40. The van der Waals surface area contributed by atoms with E-state index in [0.717, 1.165) is 11.1 Å². The lowest BCUT2D eigenvalue weighted by Crippen LogP contribution is -1.96. The van der Waals surface area contributed by atoms with Gasteiger partial charge in [-0.1, -0.05) is 54.3 Å². The van der Waals surface area contributed by atoms with Gasteiger partial charge in [0.1, 0.15) is 0 Å². The molecule has 0 unspecified atom stereocenters. The molecule has 0 amide bonds.